The molecule has 0 aliphatic carbocycles. The lowest BCUT2D eigenvalue weighted by molar-refractivity contribution is 0.741. The lowest BCUT2D eigenvalue weighted by Gasteiger charge is -2.01. The van der Waals surface area contributed by atoms with Gasteiger partial charge in [0, 0.05) is 5.33 Å². The highest BCUT2D eigenvalue weighted by Crippen LogP contribution is 2.25. The zero-order chi connectivity index (χ0) is 7.40. The van der Waals surface area contributed by atoms with Crippen LogP contribution in [0, 0.1) is 5.92 Å². The Morgan fingerprint density at radius 3 is 3.10 bits per heavy atom. The minimum atomic E-state index is 0.863. The van der Waals surface area contributed by atoms with E-state index in [1.54, 1.807) is 0 Å². The van der Waals surface area contributed by atoms with Crippen LogP contribution in [0.5, 0.6) is 0 Å². The third-order valence-corrected chi connectivity index (χ3v) is 3.77. The Morgan fingerprint density at radius 2 is 2.60 bits per heavy atom. The second-order valence-corrected chi connectivity index (χ2v) is 4.48. The second-order valence-electron chi connectivity index (χ2n) is 2.77. The van der Waals surface area contributed by atoms with Crippen LogP contribution >= 0.6 is 27.7 Å². The molecule has 58 valence electrons. The summed E-state index contributed by atoms with van der Waals surface area (Å²) in [4.78, 5) is 0. The summed E-state index contributed by atoms with van der Waals surface area (Å²) >= 11 is 5.52. The Hall–Kier alpha value is 0.570. The van der Waals surface area contributed by atoms with Crippen LogP contribution in [0.2, 0.25) is 0 Å². The van der Waals surface area contributed by atoms with Crippen LogP contribution in [0.4, 0.5) is 0 Å². The van der Waals surface area contributed by atoms with Crippen molar-refractivity contribution in [2.75, 3.05) is 16.8 Å². The third kappa shape index (κ3) is 2.67. The van der Waals surface area contributed by atoms with Crippen molar-refractivity contribution in [3.05, 3.63) is 11.6 Å². The van der Waals surface area contributed by atoms with Gasteiger partial charge in [-0.15, -0.1) is 0 Å². The quantitative estimate of drug-likeness (QED) is 0.510. The van der Waals surface area contributed by atoms with Crippen molar-refractivity contribution in [1.29, 1.82) is 0 Å². The van der Waals surface area contributed by atoms with E-state index >= 15 is 0 Å². The van der Waals surface area contributed by atoms with E-state index in [-0.39, 0.29) is 0 Å². The molecule has 1 aliphatic heterocycles. The van der Waals surface area contributed by atoms with Crippen molar-refractivity contribution in [3.63, 3.8) is 0 Å². The van der Waals surface area contributed by atoms with Crippen molar-refractivity contribution >= 4 is 27.7 Å². The first-order valence-corrected chi connectivity index (χ1v) is 5.91. The average Bonchev–Trinajstić information content (AvgIpc) is 2.40. The summed E-state index contributed by atoms with van der Waals surface area (Å²) in [6, 6.07) is 0. The van der Waals surface area contributed by atoms with Gasteiger partial charge in [0.2, 0.25) is 0 Å². The molecule has 0 amide bonds. The predicted molar refractivity (Wildman–Crippen MR) is 53.0 cm³/mol. The van der Waals surface area contributed by atoms with Gasteiger partial charge in [-0.1, -0.05) is 27.6 Å². The maximum absolute atomic E-state index is 3.45. The molecular formula is C8H13BrS. The van der Waals surface area contributed by atoms with Crippen LogP contribution in [-0.2, 0) is 0 Å². The van der Waals surface area contributed by atoms with Gasteiger partial charge in [-0.25, -0.2) is 0 Å². The number of halogens is 1. The molecule has 0 saturated carbocycles. The van der Waals surface area contributed by atoms with Crippen LogP contribution < -0.4 is 0 Å². The van der Waals surface area contributed by atoms with Crippen LogP contribution in [-0.4, -0.2) is 16.8 Å². The van der Waals surface area contributed by atoms with Gasteiger partial charge in [-0.2, -0.15) is 11.8 Å². The number of thioether (sulfide) groups is 1. The molecule has 0 aromatic heterocycles. The highest BCUT2D eigenvalue weighted by Gasteiger charge is 2.12. The predicted octanol–water partition coefficient (Wildman–Crippen LogP) is 3.08. The van der Waals surface area contributed by atoms with E-state index < -0.39 is 0 Å². The first-order chi connectivity index (χ1) is 4.83. The van der Waals surface area contributed by atoms with E-state index in [0.717, 1.165) is 11.2 Å². The zero-order valence-corrected chi connectivity index (χ0v) is 8.67. The van der Waals surface area contributed by atoms with Crippen molar-refractivity contribution in [1.82, 2.24) is 0 Å². The summed E-state index contributed by atoms with van der Waals surface area (Å²) in [7, 11) is 0. The maximum atomic E-state index is 3.45. The summed E-state index contributed by atoms with van der Waals surface area (Å²) in [6.07, 6.45) is 3.80. The molecule has 1 fully saturated rings. The van der Waals surface area contributed by atoms with E-state index in [1.807, 2.05) is 0 Å². The van der Waals surface area contributed by atoms with Gasteiger partial charge in [0.1, 0.15) is 0 Å². The molecule has 10 heavy (non-hydrogen) atoms. The number of alkyl halides is 1. The Balaban J connectivity index is 2.34. The largest absolute Gasteiger partial charge is 0.161 e. The fourth-order valence-electron chi connectivity index (χ4n) is 1.13. The molecule has 2 heteroatoms. The van der Waals surface area contributed by atoms with Gasteiger partial charge in [-0.05, 0) is 30.8 Å². The van der Waals surface area contributed by atoms with Crippen molar-refractivity contribution in [2.24, 2.45) is 5.92 Å². The molecule has 0 bridgehead atoms. The van der Waals surface area contributed by atoms with E-state index in [4.69, 9.17) is 0 Å². The zero-order valence-electron chi connectivity index (χ0n) is 6.27. The number of hydrogen-bond donors (Lipinski definition) is 0. The molecule has 0 spiro atoms. The molecule has 0 aromatic carbocycles. The number of allylic oxidation sites excluding steroid dienone is 2. The van der Waals surface area contributed by atoms with E-state index in [2.05, 4.69) is 40.7 Å². The topological polar surface area (TPSA) is 0 Å². The lowest BCUT2D eigenvalue weighted by Crippen LogP contribution is -1.93. The summed E-state index contributed by atoms with van der Waals surface area (Å²) in [5, 5.41) is 1.04. The molecule has 0 aromatic rings. The number of rotatable bonds is 2. The van der Waals surface area contributed by atoms with Crippen molar-refractivity contribution < 1.29 is 0 Å². The van der Waals surface area contributed by atoms with Crippen molar-refractivity contribution in [2.45, 2.75) is 13.3 Å². The minimum absolute atomic E-state index is 0.863. The Kier molecular flexibility index (Phi) is 3.85. The lowest BCUT2D eigenvalue weighted by atomic mass is 10.1. The van der Waals surface area contributed by atoms with Crippen LogP contribution in [0.25, 0.3) is 0 Å². The van der Waals surface area contributed by atoms with Gasteiger partial charge in [0.05, 0.1) is 0 Å². The molecule has 1 heterocycles. The highest BCUT2D eigenvalue weighted by molar-refractivity contribution is 9.09. The van der Waals surface area contributed by atoms with Gasteiger partial charge in [0.25, 0.3) is 0 Å². The summed E-state index contributed by atoms with van der Waals surface area (Å²) in [6.45, 7) is 2.19. The van der Waals surface area contributed by atoms with Gasteiger partial charge >= 0.3 is 0 Å². The third-order valence-electron chi connectivity index (χ3n) is 1.70. The molecule has 0 nitrogen and oxygen atoms in total. The molecule has 0 N–H and O–H groups in total. The van der Waals surface area contributed by atoms with Crippen LogP contribution in [0.15, 0.2) is 11.6 Å². The second kappa shape index (κ2) is 4.45. The van der Waals surface area contributed by atoms with Gasteiger partial charge in [-0.3, -0.25) is 0 Å². The summed E-state index contributed by atoms with van der Waals surface area (Å²) in [5.41, 5.74) is 1.48. The molecule has 1 rings (SSSR count). The smallest absolute Gasteiger partial charge is 0.0239 e. The first-order valence-electron chi connectivity index (χ1n) is 3.64. The summed E-state index contributed by atoms with van der Waals surface area (Å²) < 4.78 is 0. The standard InChI is InChI=1S/C8H13BrS/c1-7(5-9)4-8-2-3-10-6-8/h4,8H,2-3,5-6H2,1H3/b7-4+. The molecule has 1 unspecified atom stereocenters. The van der Waals surface area contributed by atoms with E-state index in [1.165, 1.54) is 23.5 Å². The molecular weight excluding hydrogens is 208 g/mol. The molecule has 1 atom stereocenters. The normalized spacial score (nSPS) is 27.4. The Labute approximate surface area is 75.6 Å². The van der Waals surface area contributed by atoms with Gasteiger partial charge < -0.3 is 0 Å². The van der Waals surface area contributed by atoms with E-state index in [9.17, 15) is 0 Å². The average molecular weight is 221 g/mol. The molecule has 1 saturated heterocycles. The van der Waals surface area contributed by atoms with Crippen molar-refractivity contribution in [3.8, 4) is 0 Å². The van der Waals surface area contributed by atoms with E-state index in [0.29, 0.717) is 0 Å². The first kappa shape index (κ1) is 8.66. The monoisotopic (exact) mass is 220 g/mol. The fourth-order valence-corrected chi connectivity index (χ4v) is 2.52. The SMILES string of the molecule is C/C(=C\C1CCSC1)CBr. The van der Waals surface area contributed by atoms with Crippen LogP contribution in [0.3, 0.4) is 0 Å². The molecule has 0 radical (unpaired) electrons. The number of hydrogen-bond acceptors (Lipinski definition) is 1. The fraction of sp³-hybridized carbons (Fsp3) is 0.750. The highest BCUT2D eigenvalue weighted by atomic mass is 79.9. The summed E-state index contributed by atoms with van der Waals surface area (Å²) in [5.74, 6) is 3.56. The molecule has 1 aliphatic rings. The Morgan fingerprint density at radius 1 is 1.80 bits per heavy atom. The Bertz CT molecular complexity index is 125. The van der Waals surface area contributed by atoms with Gasteiger partial charge in [0.15, 0.2) is 0 Å². The van der Waals surface area contributed by atoms with Crippen LogP contribution in [0.1, 0.15) is 13.3 Å². The minimum Gasteiger partial charge on any atom is -0.161 e. The maximum Gasteiger partial charge on any atom is 0.0239 e.